The molecule has 31 heavy (non-hydrogen) atoms. The predicted octanol–water partition coefficient (Wildman–Crippen LogP) is 1.37. The standard InChI is InChI=1S/C23H38N6O2/c1-25-23(26-11-3-4-12-27-13-9-19(10-14-27)22(24)30)29-17-15-28(16-18-29)20-5-7-21(31-2)8-6-20/h5-8,19H,3-4,9-18H2,1-2H3,(H2,24,30)(H,25,26). The zero-order valence-electron chi connectivity index (χ0n) is 19.1. The molecular weight excluding hydrogens is 392 g/mol. The summed E-state index contributed by atoms with van der Waals surface area (Å²) in [4.78, 5) is 23.0. The first-order valence-corrected chi connectivity index (χ1v) is 11.5. The number of piperazine rings is 1. The number of amides is 1. The normalized spacial score (nSPS) is 18.8. The first-order chi connectivity index (χ1) is 15.1. The lowest BCUT2D eigenvalue weighted by atomic mass is 9.96. The minimum absolute atomic E-state index is 0.0754. The van der Waals surface area contributed by atoms with Crippen molar-refractivity contribution in [1.82, 2.24) is 15.1 Å². The molecule has 0 aromatic heterocycles. The summed E-state index contributed by atoms with van der Waals surface area (Å²) in [5.41, 5.74) is 6.65. The van der Waals surface area contributed by atoms with Gasteiger partial charge < -0.3 is 30.5 Å². The summed E-state index contributed by atoms with van der Waals surface area (Å²) in [6, 6.07) is 8.28. The van der Waals surface area contributed by atoms with Crippen molar-refractivity contribution in [2.24, 2.45) is 16.6 Å². The molecule has 0 atom stereocenters. The number of unbranched alkanes of at least 4 members (excludes halogenated alkanes) is 1. The number of nitrogens with one attached hydrogen (secondary N) is 1. The highest BCUT2D eigenvalue weighted by Gasteiger charge is 2.23. The molecule has 1 amide bonds. The number of likely N-dealkylation sites (tertiary alicyclic amines) is 1. The Balaban J connectivity index is 1.31. The molecule has 2 aliphatic rings. The molecule has 3 rings (SSSR count). The van der Waals surface area contributed by atoms with Crippen LogP contribution in [0.25, 0.3) is 0 Å². The summed E-state index contributed by atoms with van der Waals surface area (Å²) < 4.78 is 5.25. The number of benzene rings is 1. The molecule has 0 aliphatic carbocycles. The number of carbonyl (C=O) groups is 1. The number of nitrogens with two attached hydrogens (primary N) is 1. The molecular formula is C23H38N6O2. The highest BCUT2D eigenvalue weighted by atomic mass is 16.5. The zero-order chi connectivity index (χ0) is 22.1. The van der Waals surface area contributed by atoms with Crippen molar-refractivity contribution in [2.45, 2.75) is 25.7 Å². The monoisotopic (exact) mass is 430 g/mol. The molecule has 3 N–H and O–H groups in total. The highest BCUT2D eigenvalue weighted by molar-refractivity contribution is 5.80. The molecule has 2 saturated heterocycles. The lowest BCUT2D eigenvalue weighted by molar-refractivity contribution is -0.123. The van der Waals surface area contributed by atoms with E-state index >= 15 is 0 Å². The number of aliphatic imine (C=N–C) groups is 1. The van der Waals surface area contributed by atoms with Crippen LogP contribution < -0.4 is 20.7 Å². The summed E-state index contributed by atoms with van der Waals surface area (Å²) in [6.45, 7) is 7.88. The van der Waals surface area contributed by atoms with E-state index in [1.54, 1.807) is 7.11 Å². The van der Waals surface area contributed by atoms with E-state index in [-0.39, 0.29) is 11.8 Å². The molecule has 2 fully saturated rings. The van der Waals surface area contributed by atoms with Crippen molar-refractivity contribution in [2.75, 3.05) is 71.4 Å². The van der Waals surface area contributed by atoms with Gasteiger partial charge in [-0.15, -0.1) is 0 Å². The number of hydrogen-bond donors (Lipinski definition) is 2. The topological polar surface area (TPSA) is 86.4 Å². The Hall–Kier alpha value is -2.48. The van der Waals surface area contributed by atoms with E-state index in [2.05, 4.69) is 37.1 Å². The second kappa shape index (κ2) is 11.8. The van der Waals surface area contributed by atoms with Crippen LogP contribution in [0.3, 0.4) is 0 Å². The Bertz CT molecular complexity index is 707. The third-order valence-electron chi connectivity index (χ3n) is 6.40. The summed E-state index contributed by atoms with van der Waals surface area (Å²) in [6.07, 6.45) is 4.07. The number of primary amides is 1. The molecule has 0 unspecified atom stereocenters. The first kappa shape index (κ1) is 23.2. The molecule has 8 nitrogen and oxygen atoms in total. The van der Waals surface area contributed by atoms with E-state index in [0.29, 0.717) is 0 Å². The molecule has 2 heterocycles. The van der Waals surface area contributed by atoms with Crippen LogP contribution in [0, 0.1) is 5.92 Å². The minimum Gasteiger partial charge on any atom is -0.497 e. The molecule has 0 radical (unpaired) electrons. The van der Waals surface area contributed by atoms with Crippen molar-refractivity contribution in [3.8, 4) is 5.75 Å². The Morgan fingerprint density at radius 2 is 1.77 bits per heavy atom. The van der Waals surface area contributed by atoms with Crippen LogP contribution in [0.2, 0.25) is 0 Å². The Kier molecular flexibility index (Phi) is 8.82. The maximum Gasteiger partial charge on any atom is 0.220 e. The number of rotatable bonds is 8. The number of hydrogen-bond acceptors (Lipinski definition) is 5. The quantitative estimate of drug-likeness (QED) is 0.368. The van der Waals surface area contributed by atoms with Gasteiger partial charge in [-0.2, -0.15) is 0 Å². The number of methoxy groups -OCH3 is 1. The smallest absolute Gasteiger partial charge is 0.220 e. The lowest BCUT2D eigenvalue weighted by Gasteiger charge is -2.37. The third-order valence-corrected chi connectivity index (χ3v) is 6.40. The maximum absolute atomic E-state index is 11.3. The Morgan fingerprint density at radius 1 is 1.10 bits per heavy atom. The van der Waals surface area contributed by atoms with Gasteiger partial charge >= 0.3 is 0 Å². The van der Waals surface area contributed by atoms with E-state index < -0.39 is 0 Å². The van der Waals surface area contributed by atoms with Crippen LogP contribution in [0.15, 0.2) is 29.3 Å². The number of carbonyl (C=O) groups excluding carboxylic acids is 1. The summed E-state index contributed by atoms with van der Waals surface area (Å²) in [5, 5.41) is 3.53. The third kappa shape index (κ3) is 6.75. The van der Waals surface area contributed by atoms with Gasteiger partial charge in [0.05, 0.1) is 7.11 Å². The fourth-order valence-corrected chi connectivity index (χ4v) is 4.40. The van der Waals surface area contributed by atoms with Gasteiger partial charge in [-0.05, 0) is 69.6 Å². The fourth-order valence-electron chi connectivity index (χ4n) is 4.40. The highest BCUT2D eigenvalue weighted by Crippen LogP contribution is 2.20. The van der Waals surface area contributed by atoms with Gasteiger partial charge in [0.1, 0.15) is 5.75 Å². The first-order valence-electron chi connectivity index (χ1n) is 11.5. The van der Waals surface area contributed by atoms with Crippen molar-refractivity contribution in [3.05, 3.63) is 24.3 Å². The molecule has 1 aromatic carbocycles. The molecule has 0 bridgehead atoms. The van der Waals surface area contributed by atoms with E-state index in [9.17, 15) is 4.79 Å². The van der Waals surface area contributed by atoms with Crippen LogP contribution >= 0.6 is 0 Å². The van der Waals surface area contributed by atoms with Gasteiger partial charge in [0.25, 0.3) is 0 Å². The lowest BCUT2D eigenvalue weighted by Crippen LogP contribution is -2.52. The van der Waals surface area contributed by atoms with Crippen LogP contribution in [0.4, 0.5) is 5.69 Å². The van der Waals surface area contributed by atoms with Gasteiger partial charge in [-0.25, -0.2) is 0 Å². The summed E-state index contributed by atoms with van der Waals surface area (Å²) in [5.74, 6) is 1.82. The number of anilines is 1. The zero-order valence-corrected chi connectivity index (χ0v) is 19.1. The molecule has 0 saturated carbocycles. The van der Waals surface area contributed by atoms with Crippen LogP contribution in [0.5, 0.6) is 5.75 Å². The van der Waals surface area contributed by atoms with Gasteiger partial charge in [0.15, 0.2) is 5.96 Å². The van der Waals surface area contributed by atoms with E-state index in [1.807, 2.05) is 19.2 Å². The van der Waals surface area contributed by atoms with Crippen molar-refractivity contribution in [1.29, 1.82) is 0 Å². The average Bonchev–Trinajstić information content (AvgIpc) is 2.82. The average molecular weight is 431 g/mol. The molecule has 8 heteroatoms. The van der Waals surface area contributed by atoms with E-state index in [4.69, 9.17) is 10.5 Å². The van der Waals surface area contributed by atoms with Gasteiger partial charge in [-0.1, -0.05) is 0 Å². The molecule has 0 spiro atoms. The SMILES string of the molecule is CN=C(NCCCCN1CCC(C(N)=O)CC1)N1CCN(c2ccc(OC)cc2)CC1. The Morgan fingerprint density at radius 3 is 2.35 bits per heavy atom. The van der Waals surface area contributed by atoms with Gasteiger partial charge in [0.2, 0.25) is 5.91 Å². The van der Waals surface area contributed by atoms with Crippen LogP contribution in [-0.2, 0) is 4.79 Å². The summed E-state index contributed by atoms with van der Waals surface area (Å²) >= 11 is 0. The molecule has 172 valence electrons. The molecule has 2 aliphatic heterocycles. The van der Waals surface area contributed by atoms with Crippen molar-refractivity contribution >= 4 is 17.6 Å². The van der Waals surface area contributed by atoms with Crippen LogP contribution in [0.1, 0.15) is 25.7 Å². The second-order valence-electron chi connectivity index (χ2n) is 8.37. The Labute approximate surface area is 186 Å². The van der Waals surface area contributed by atoms with E-state index in [0.717, 1.165) is 89.8 Å². The van der Waals surface area contributed by atoms with E-state index in [1.165, 1.54) is 5.69 Å². The predicted molar refractivity (Wildman–Crippen MR) is 126 cm³/mol. The minimum atomic E-state index is -0.139. The van der Waals surface area contributed by atoms with Gasteiger partial charge in [-0.3, -0.25) is 9.79 Å². The molecule has 1 aromatic rings. The number of ether oxygens (including phenoxy) is 1. The largest absolute Gasteiger partial charge is 0.497 e. The number of piperidine rings is 1. The second-order valence-corrected chi connectivity index (χ2v) is 8.37. The maximum atomic E-state index is 11.3. The van der Waals surface area contributed by atoms with Crippen LogP contribution in [-0.4, -0.2) is 88.2 Å². The number of guanidine groups is 1. The van der Waals surface area contributed by atoms with Crippen molar-refractivity contribution in [3.63, 3.8) is 0 Å². The number of nitrogens with zero attached hydrogens (tertiary/aromatic N) is 4. The van der Waals surface area contributed by atoms with Gasteiger partial charge in [0, 0.05) is 51.4 Å². The van der Waals surface area contributed by atoms with Crippen molar-refractivity contribution < 1.29 is 9.53 Å². The summed E-state index contributed by atoms with van der Waals surface area (Å²) in [7, 11) is 3.56. The fraction of sp³-hybridized carbons (Fsp3) is 0.652.